The molecule has 9 heteroatoms. The first kappa shape index (κ1) is 49.2. The van der Waals surface area contributed by atoms with Crippen LogP contribution in [0.5, 0.6) is 0 Å². The molecule has 0 saturated heterocycles. The van der Waals surface area contributed by atoms with E-state index >= 15 is 0 Å². The van der Waals surface area contributed by atoms with Gasteiger partial charge in [-0.05, 0) is 89.2 Å². The highest BCUT2D eigenvalue weighted by molar-refractivity contribution is 8.77. The Bertz CT molecular complexity index is 1310. The summed E-state index contributed by atoms with van der Waals surface area (Å²) in [4.78, 5) is 25.8. The largest absolute Gasteiger partial charge is 0.395 e. The molecule has 1 aromatic rings. The maximum atomic E-state index is 13.5. The monoisotopic (exact) mass is 781 g/mol. The maximum Gasteiger partial charge on any atom is 0.227 e. The standard InChI is InChI=1S/C45H71N3O4S2/c1-7-8-9-10-11-12-13-14-15-16-17-18-19-20-21-22-23-24-25-26-43(51)46-31-32-53-54-45(5,6)42(34-47-41(35-49)36-50)48-44(52)38(4)40-29-27-39(28-30-40)33-37(2)3/h8-9,11-12,14-15,17-18,20-21,23-24,27-30,37-38,41-42,47,49-50H,7,10,13,16,19,22,25-26,31-36H2,1-6H3,(H,46,51)(H,48,52)/b9-8-,12-11-,15-14-,18-17-,21-20-,24-23-/t38?,42-/m1/s1. The van der Waals surface area contributed by atoms with Gasteiger partial charge in [0.25, 0.3) is 0 Å². The van der Waals surface area contributed by atoms with Crippen molar-refractivity contribution in [3.8, 4) is 0 Å². The fourth-order valence-corrected chi connectivity index (χ4v) is 7.82. The van der Waals surface area contributed by atoms with Gasteiger partial charge < -0.3 is 26.2 Å². The first-order valence-electron chi connectivity index (χ1n) is 19.9. The van der Waals surface area contributed by atoms with E-state index < -0.39 is 6.04 Å². The van der Waals surface area contributed by atoms with Crippen LogP contribution >= 0.6 is 21.6 Å². The minimum Gasteiger partial charge on any atom is -0.395 e. The Morgan fingerprint density at radius 2 is 1.30 bits per heavy atom. The molecule has 54 heavy (non-hydrogen) atoms. The Balaban J connectivity index is 2.39. The summed E-state index contributed by atoms with van der Waals surface area (Å²) in [5.74, 6) is 0.936. The number of aliphatic hydroxyl groups excluding tert-OH is 2. The van der Waals surface area contributed by atoms with Gasteiger partial charge in [0.2, 0.25) is 11.8 Å². The molecule has 0 aliphatic heterocycles. The van der Waals surface area contributed by atoms with Crippen molar-refractivity contribution in [2.75, 3.05) is 32.1 Å². The molecule has 0 aliphatic rings. The quantitative estimate of drug-likeness (QED) is 0.0301. The molecule has 0 fully saturated rings. The molecular formula is C45H71N3O4S2. The summed E-state index contributed by atoms with van der Waals surface area (Å²) in [5.41, 5.74) is 2.23. The van der Waals surface area contributed by atoms with Crippen molar-refractivity contribution in [3.05, 3.63) is 108 Å². The summed E-state index contributed by atoms with van der Waals surface area (Å²) < 4.78 is -0.385. The van der Waals surface area contributed by atoms with Gasteiger partial charge in [0.05, 0.1) is 31.2 Å². The van der Waals surface area contributed by atoms with Gasteiger partial charge in [0, 0.05) is 30.0 Å². The Labute approximate surface area is 336 Å². The summed E-state index contributed by atoms with van der Waals surface area (Å²) >= 11 is 0. The molecule has 7 nitrogen and oxygen atoms in total. The van der Waals surface area contributed by atoms with E-state index in [-0.39, 0.29) is 41.7 Å². The smallest absolute Gasteiger partial charge is 0.227 e. The van der Waals surface area contributed by atoms with E-state index in [1.54, 1.807) is 21.6 Å². The molecule has 2 atom stereocenters. The van der Waals surface area contributed by atoms with E-state index in [9.17, 15) is 19.8 Å². The van der Waals surface area contributed by atoms with Crippen LogP contribution in [0.15, 0.2) is 97.2 Å². The molecular weight excluding hydrogens is 711 g/mol. The van der Waals surface area contributed by atoms with Crippen LogP contribution in [0.2, 0.25) is 0 Å². The lowest BCUT2D eigenvalue weighted by molar-refractivity contribution is -0.123. The molecule has 5 N–H and O–H groups in total. The number of carbonyl (C=O) groups excluding carboxylic acids is 2. The van der Waals surface area contributed by atoms with Crippen molar-refractivity contribution >= 4 is 33.4 Å². The highest BCUT2D eigenvalue weighted by Gasteiger charge is 2.33. The van der Waals surface area contributed by atoms with E-state index in [0.29, 0.717) is 31.8 Å². The topological polar surface area (TPSA) is 111 Å². The third-order valence-corrected chi connectivity index (χ3v) is 12.0. The van der Waals surface area contributed by atoms with E-state index in [0.717, 1.165) is 56.3 Å². The molecule has 2 amide bonds. The Hall–Kier alpha value is -2.82. The van der Waals surface area contributed by atoms with Crippen molar-refractivity contribution in [2.24, 2.45) is 5.92 Å². The summed E-state index contributed by atoms with van der Waals surface area (Å²) in [5, 5.41) is 28.7. The van der Waals surface area contributed by atoms with Crippen molar-refractivity contribution in [1.29, 1.82) is 0 Å². The van der Waals surface area contributed by atoms with Crippen molar-refractivity contribution in [1.82, 2.24) is 16.0 Å². The van der Waals surface area contributed by atoms with Crippen LogP contribution in [-0.2, 0) is 16.0 Å². The fourth-order valence-electron chi connectivity index (χ4n) is 5.23. The minimum atomic E-state index is -0.466. The second-order valence-corrected chi connectivity index (χ2v) is 17.5. The van der Waals surface area contributed by atoms with Crippen molar-refractivity contribution in [3.63, 3.8) is 0 Å². The second-order valence-electron chi connectivity index (χ2n) is 14.4. The third kappa shape index (κ3) is 24.6. The number of benzene rings is 1. The molecule has 0 aromatic heterocycles. The lowest BCUT2D eigenvalue weighted by Crippen LogP contribution is -2.55. The van der Waals surface area contributed by atoms with Crippen molar-refractivity contribution in [2.45, 2.75) is 122 Å². The van der Waals surface area contributed by atoms with Crippen molar-refractivity contribution < 1.29 is 19.8 Å². The van der Waals surface area contributed by atoms with Crippen LogP contribution in [0.25, 0.3) is 0 Å². The van der Waals surface area contributed by atoms with E-state index in [1.807, 2.05) is 19.1 Å². The van der Waals surface area contributed by atoms with Crippen LogP contribution in [0.3, 0.4) is 0 Å². The van der Waals surface area contributed by atoms with Gasteiger partial charge in [-0.15, -0.1) is 0 Å². The summed E-state index contributed by atoms with van der Waals surface area (Å²) in [6.07, 6.45) is 34.1. The SMILES string of the molecule is CC/C=C\C/C=C\C/C=C\C/C=C\C/C=C\C/C=C\CCC(=O)NCCSSC(C)(C)[C@@H](CNC(CO)CO)NC(=O)C(C)c1ccc(CC(C)C)cc1. The lowest BCUT2D eigenvalue weighted by atomic mass is 9.95. The molecule has 0 heterocycles. The fraction of sp³-hybridized carbons (Fsp3) is 0.556. The van der Waals surface area contributed by atoms with Gasteiger partial charge in [-0.1, -0.05) is 140 Å². The summed E-state index contributed by atoms with van der Waals surface area (Å²) in [6, 6.07) is 7.54. The van der Waals surface area contributed by atoms with Crippen LogP contribution in [0.4, 0.5) is 0 Å². The third-order valence-electron chi connectivity index (χ3n) is 8.64. The van der Waals surface area contributed by atoms with Gasteiger partial charge in [-0.25, -0.2) is 0 Å². The molecule has 1 unspecified atom stereocenters. The Morgan fingerprint density at radius 3 is 1.80 bits per heavy atom. The zero-order chi connectivity index (χ0) is 39.9. The first-order chi connectivity index (χ1) is 26.0. The molecule has 0 bridgehead atoms. The van der Waals surface area contributed by atoms with E-state index in [1.165, 1.54) is 5.56 Å². The highest BCUT2D eigenvalue weighted by atomic mass is 33.1. The van der Waals surface area contributed by atoms with Crippen LogP contribution in [-0.4, -0.2) is 70.9 Å². The molecule has 0 radical (unpaired) electrons. The second kappa shape index (κ2) is 31.4. The van der Waals surface area contributed by atoms with Crippen LogP contribution in [0, 0.1) is 5.92 Å². The number of hydrogen-bond donors (Lipinski definition) is 5. The number of hydrogen-bond acceptors (Lipinski definition) is 7. The minimum absolute atomic E-state index is 0.0407. The predicted octanol–water partition coefficient (Wildman–Crippen LogP) is 9.17. The molecule has 0 spiro atoms. The molecule has 0 aliphatic carbocycles. The number of amides is 2. The zero-order valence-corrected chi connectivity index (χ0v) is 35.6. The first-order valence-corrected chi connectivity index (χ1v) is 22.2. The average molecular weight is 782 g/mol. The molecule has 1 rings (SSSR count). The number of rotatable bonds is 30. The number of carbonyl (C=O) groups is 2. The summed E-state index contributed by atoms with van der Waals surface area (Å²) in [6.45, 7) is 13.2. The number of allylic oxidation sites excluding steroid dienone is 12. The Morgan fingerprint density at radius 1 is 0.778 bits per heavy atom. The van der Waals surface area contributed by atoms with Gasteiger partial charge in [-0.3, -0.25) is 9.59 Å². The normalized spacial score (nSPS) is 14.0. The zero-order valence-electron chi connectivity index (χ0n) is 34.0. The van der Waals surface area contributed by atoms with Crippen LogP contribution < -0.4 is 16.0 Å². The molecule has 1 aromatic carbocycles. The van der Waals surface area contributed by atoms with E-state index in [2.05, 4.69) is 136 Å². The Kier molecular flexibility index (Phi) is 28.6. The van der Waals surface area contributed by atoms with Gasteiger partial charge in [0.15, 0.2) is 0 Å². The number of aliphatic hydroxyl groups is 2. The van der Waals surface area contributed by atoms with Crippen LogP contribution in [0.1, 0.15) is 110 Å². The van der Waals surface area contributed by atoms with Gasteiger partial charge in [0.1, 0.15) is 0 Å². The van der Waals surface area contributed by atoms with Gasteiger partial charge >= 0.3 is 0 Å². The lowest BCUT2D eigenvalue weighted by Gasteiger charge is -2.35. The number of nitrogens with one attached hydrogen (secondary N) is 3. The molecule has 0 saturated carbocycles. The highest BCUT2D eigenvalue weighted by Crippen LogP contribution is 2.38. The van der Waals surface area contributed by atoms with E-state index in [4.69, 9.17) is 0 Å². The predicted molar refractivity (Wildman–Crippen MR) is 236 cm³/mol. The maximum absolute atomic E-state index is 13.5. The summed E-state index contributed by atoms with van der Waals surface area (Å²) in [7, 11) is 3.32. The average Bonchev–Trinajstić information content (AvgIpc) is 3.15. The molecule has 302 valence electrons. The van der Waals surface area contributed by atoms with Gasteiger partial charge in [-0.2, -0.15) is 0 Å².